The molecule has 7 aliphatic rings. The second-order valence-electron chi connectivity index (χ2n) is 38.1. The van der Waals surface area contributed by atoms with E-state index in [1.54, 1.807) is 6.08 Å². The summed E-state index contributed by atoms with van der Waals surface area (Å²) in [6, 6.07) is -7.23. The van der Waals surface area contributed by atoms with E-state index in [2.05, 4.69) is 47.3 Å². The van der Waals surface area contributed by atoms with E-state index >= 15 is 0 Å². The predicted octanol–water partition coefficient (Wildman–Crippen LogP) is -3.38. The monoisotopic (exact) mass is 2040 g/mol. The molecule has 38 atom stereocenters. The molecule has 27 N–H and O–H groups in total. The highest BCUT2D eigenvalue weighted by molar-refractivity contribution is 5.78. The first-order chi connectivity index (χ1) is 67.7. The van der Waals surface area contributed by atoms with Gasteiger partial charge < -0.3 is 205 Å². The number of rotatable bonds is 67. The van der Waals surface area contributed by atoms with Crippen LogP contribution in [0.5, 0.6) is 0 Å². The molecular weight excluding hydrogens is 1870 g/mol. The molecule has 7 heterocycles. The van der Waals surface area contributed by atoms with Crippen LogP contribution in [0.15, 0.2) is 24.3 Å². The molecule has 0 radical (unpaired) electrons. The molecule has 0 spiro atoms. The molecule has 46 heteroatoms. The topological polar surface area (TPSA) is 728 Å². The van der Waals surface area contributed by atoms with E-state index in [9.17, 15) is 141 Å². The number of unbranched alkanes of at least 4 members (excludes halogenated alkanes) is 30. The molecule has 7 saturated heterocycles. The first-order valence-corrected chi connectivity index (χ1v) is 50.9. The van der Waals surface area contributed by atoms with Gasteiger partial charge >= 0.3 is 5.97 Å². The van der Waals surface area contributed by atoms with Crippen molar-refractivity contribution in [2.45, 2.75) is 485 Å². The number of aliphatic carboxylic acids is 1. The number of hydrogen-bond acceptors (Lipinski definition) is 41. The summed E-state index contributed by atoms with van der Waals surface area (Å²) in [5.41, 5.74) is 0. The predicted molar refractivity (Wildman–Crippen MR) is 493 cm³/mol. The van der Waals surface area contributed by atoms with E-state index in [0.717, 1.165) is 78.1 Å². The fourth-order valence-electron chi connectivity index (χ4n) is 18.8. The molecule has 7 rings (SSSR count). The second kappa shape index (κ2) is 65.4. The summed E-state index contributed by atoms with van der Waals surface area (Å²) in [5, 5.41) is 268. The van der Waals surface area contributed by atoms with Gasteiger partial charge in [0, 0.05) is 26.7 Å². The lowest BCUT2D eigenvalue weighted by atomic mass is 9.88. The van der Waals surface area contributed by atoms with Crippen molar-refractivity contribution in [2.75, 3.05) is 59.5 Å². The van der Waals surface area contributed by atoms with Crippen LogP contribution in [0, 0.1) is 0 Å². The highest BCUT2D eigenvalue weighted by Gasteiger charge is 2.64. The van der Waals surface area contributed by atoms with Gasteiger partial charge in [0.05, 0.1) is 77.1 Å². The zero-order chi connectivity index (χ0) is 103. The normalized spacial score (nSPS) is 35.7. The third-order valence-corrected chi connectivity index (χ3v) is 27.0. The zero-order valence-corrected chi connectivity index (χ0v) is 81.8. The number of carbonyl (C=O) groups excluding carboxylic acids is 4. The van der Waals surface area contributed by atoms with Crippen molar-refractivity contribution in [1.29, 1.82) is 0 Å². The highest BCUT2D eigenvalue weighted by Crippen LogP contribution is 2.43. The fourth-order valence-corrected chi connectivity index (χ4v) is 18.8. The van der Waals surface area contributed by atoms with E-state index in [1.807, 2.05) is 6.08 Å². The average Bonchev–Trinajstić information content (AvgIpc) is 0.740. The van der Waals surface area contributed by atoms with Gasteiger partial charge in [-0.05, 0) is 44.9 Å². The lowest BCUT2D eigenvalue weighted by Crippen LogP contribution is -2.73. The number of aliphatic hydroxyl groups excluding tert-OH is 22. The number of carboxylic acids is 1. The molecule has 7 fully saturated rings. The molecule has 0 saturated carbocycles. The largest absolute Gasteiger partial charge is 0.477 e. The zero-order valence-electron chi connectivity index (χ0n) is 81.8. The molecule has 820 valence electrons. The van der Waals surface area contributed by atoms with Gasteiger partial charge in [-0.15, -0.1) is 0 Å². The number of aliphatic hydroxyl groups is 22. The second-order valence-corrected chi connectivity index (χ2v) is 38.1. The van der Waals surface area contributed by atoms with Gasteiger partial charge in [-0.1, -0.05) is 205 Å². The summed E-state index contributed by atoms with van der Waals surface area (Å²) in [4.78, 5) is 67.2. The van der Waals surface area contributed by atoms with Gasteiger partial charge in [0.2, 0.25) is 23.6 Å². The summed E-state index contributed by atoms with van der Waals surface area (Å²) < 4.78 is 84.5. The third kappa shape index (κ3) is 37.5. The third-order valence-electron chi connectivity index (χ3n) is 27.0. The van der Waals surface area contributed by atoms with Crippen LogP contribution in [0.3, 0.4) is 0 Å². The molecule has 7 aliphatic heterocycles. The van der Waals surface area contributed by atoms with Crippen LogP contribution in [-0.2, 0) is 90.3 Å². The van der Waals surface area contributed by atoms with Crippen molar-refractivity contribution in [3.8, 4) is 0 Å². The highest BCUT2D eigenvalue weighted by atomic mass is 16.8. The molecule has 0 aromatic rings. The molecule has 0 aromatic heterocycles. The van der Waals surface area contributed by atoms with E-state index in [-0.39, 0.29) is 12.3 Å². The van der Waals surface area contributed by atoms with E-state index in [4.69, 9.17) is 66.3 Å². The van der Waals surface area contributed by atoms with Crippen molar-refractivity contribution < 1.29 is 208 Å². The Bertz CT molecular complexity index is 3520. The minimum Gasteiger partial charge on any atom is -0.477 e. The number of carbonyl (C=O) groups is 5. The van der Waals surface area contributed by atoms with Gasteiger partial charge in [0.15, 0.2) is 37.7 Å². The molecule has 0 bridgehead atoms. The van der Waals surface area contributed by atoms with Crippen LogP contribution in [0.1, 0.15) is 252 Å². The van der Waals surface area contributed by atoms with Crippen LogP contribution < -0.4 is 21.3 Å². The Hall–Kier alpha value is -4.61. The van der Waals surface area contributed by atoms with Gasteiger partial charge in [-0.25, -0.2) is 4.79 Å². The Morgan fingerprint density at radius 1 is 0.376 bits per heavy atom. The molecule has 46 nitrogen and oxygen atoms in total. The first-order valence-electron chi connectivity index (χ1n) is 50.9. The fraction of sp³-hybridized carbons (Fsp3) is 0.905. The number of amides is 4. The summed E-state index contributed by atoms with van der Waals surface area (Å²) >= 11 is 0. The molecule has 0 aliphatic carbocycles. The number of carboxylic acid groups (broad SMARTS) is 1. The number of allylic oxidation sites excluding steroid dienone is 3. The maximum Gasteiger partial charge on any atom is 0.364 e. The van der Waals surface area contributed by atoms with E-state index < -0.39 is 322 Å². The smallest absolute Gasteiger partial charge is 0.364 e. The summed E-state index contributed by atoms with van der Waals surface area (Å²) in [7, 11) is 0. The van der Waals surface area contributed by atoms with Crippen molar-refractivity contribution in [2.24, 2.45) is 0 Å². The Labute approximate surface area is 823 Å². The van der Waals surface area contributed by atoms with Gasteiger partial charge in [-0.2, -0.15) is 0 Å². The van der Waals surface area contributed by atoms with Gasteiger partial charge in [0.25, 0.3) is 5.79 Å². The first kappa shape index (κ1) is 123. The maximum atomic E-state index is 14.0. The van der Waals surface area contributed by atoms with Crippen LogP contribution in [-0.4, -0.2) is 439 Å². The Morgan fingerprint density at radius 3 is 1.16 bits per heavy atom. The van der Waals surface area contributed by atoms with Crippen LogP contribution in [0.25, 0.3) is 0 Å². The quantitative estimate of drug-likeness (QED) is 0.0209. The Kier molecular flexibility index (Phi) is 57.2. The number of ether oxygens (including phenoxy) is 14. The van der Waals surface area contributed by atoms with Crippen molar-refractivity contribution in [3.63, 3.8) is 0 Å². The average molecular weight is 2040 g/mol. The standard InChI is InChI=1S/C95H168N4O42/c1-5-7-9-11-13-15-17-19-20-21-22-23-24-25-26-27-28-30-32-34-36-38-40-42-65(113)98-55(56(110)41-39-37-35-33-31-29-18-16-14-12-10-8-6-2)52-128-90-78(123)75(120)82(62(48-104)132-90)136-92-79(124)76(121)81(63(49-105)133-92)135-88-68(96-53(3)108)85(73(118)60(46-102)129-88)139-93-80(125)87(141-95(94(126)127)43-57(111)67(99-66(114)51-107)86(140-95)70(115)58(112)44-100)83(64(50-106)134-93)137-89-69(97-54(4)109)84(72(117)61(47-103)130-89)138-91-77(122)74(119)71(116)59(45-101)131-91/h19-20,39,41,55-64,67-93,100-107,110-112,115-125H,5-18,21-38,40,42-52H2,1-4H3,(H,96,108)(H,97,109)(H,98,113)(H,99,114)(H,126,127)/b20-19-,41-39+/t55-,56+,57?,58+,59?,60?,61?,62?,63?,64?,67+,68?,69?,70+,71-,72-,73-,74-,75+,76+,77?,78?,79?,80?,81-,82+,83-,84+,85+,86?,87+,88-,89-,90+,91-,92-,93-,95-/m0/s1. The molecule has 141 heavy (non-hydrogen) atoms. The molecule has 4 amide bonds. The van der Waals surface area contributed by atoms with Crippen LogP contribution in [0.4, 0.5) is 0 Å². The van der Waals surface area contributed by atoms with Crippen LogP contribution in [0.2, 0.25) is 0 Å². The summed E-state index contributed by atoms with van der Waals surface area (Å²) in [6.07, 6.45) is -26.6. The van der Waals surface area contributed by atoms with E-state index in [1.165, 1.54) is 135 Å². The summed E-state index contributed by atoms with van der Waals surface area (Å²) in [5.74, 6) is -9.56. The van der Waals surface area contributed by atoms with Gasteiger partial charge in [-0.3, -0.25) is 19.2 Å². The number of hydrogen-bond donors (Lipinski definition) is 27. The molecule has 0 aromatic carbocycles. The van der Waals surface area contributed by atoms with E-state index in [0.29, 0.717) is 12.8 Å². The maximum absolute atomic E-state index is 14.0. The van der Waals surface area contributed by atoms with Crippen molar-refractivity contribution in [3.05, 3.63) is 24.3 Å². The lowest BCUT2D eigenvalue weighted by Gasteiger charge is -2.53. The SMILES string of the molecule is CCCCCCCC/C=C\CCCCCCCCCCCCCCCC(=O)N[C@@H](CO[C@@H]1OC(CO)[C@@H](O[C@@H]2OC(CO)[C@H](O[C@@H]3OC(CO)[C@H](O)[C@H](O[C@@H]4OC(CO)[C@H](O[C@@H]5OC(CO)[C@H](O)[C@H](O[C@@H]6OC(CO)[C@H](O)[C@H](O)C6O)C5NC(C)=O)[C@H](O[C@]5(C(=O)O)CC(O)[C@@H](NC(=O)CO)C([C@H](O)[C@H](O)CO)O5)C4O)C3NC(C)=O)[C@H](O)C2O)[C@H](O)C1O)[C@H](O)/C=C/CCCCCCCCCCCCC. The summed E-state index contributed by atoms with van der Waals surface area (Å²) in [6.45, 7) is -3.82. The lowest BCUT2D eigenvalue weighted by molar-refractivity contribution is -0.403. The Morgan fingerprint density at radius 2 is 0.738 bits per heavy atom. The minimum absolute atomic E-state index is 0.135. The Balaban J connectivity index is 1.06. The van der Waals surface area contributed by atoms with Crippen LogP contribution >= 0.6 is 0 Å². The molecule has 14 unspecified atom stereocenters. The number of nitrogens with one attached hydrogen (secondary N) is 4. The van der Waals surface area contributed by atoms with Gasteiger partial charge in [0.1, 0.15) is 171 Å². The minimum atomic E-state index is -3.58. The van der Waals surface area contributed by atoms with Crippen molar-refractivity contribution in [1.82, 2.24) is 21.3 Å². The van der Waals surface area contributed by atoms with Crippen molar-refractivity contribution >= 4 is 29.6 Å². The molecular formula is C95H168N4O42.